The van der Waals surface area contributed by atoms with Gasteiger partial charge in [0.1, 0.15) is 16.1 Å². The van der Waals surface area contributed by atoms with Crippen LogP contribution < -0.4 is 10.6 Å². The second-order valence-corrected chi connectivity index (χ2v) is 14.1. The third-order valence-electron chi connectivity index (χ3n) is 7.80. The van der Waals surface area contributed by atoms with Gasteiger partial charge in [0.05, 0.1) is 16.3 Å². The maximum atomic E-state index is 13.9. The summed E-state index contributed by atoms with van der Waals surface area (Å²) in [5.41, 5.74) is 5.34. The van der Waals surface area contributed by atoms with Crippen LogP contribution in [-0.2, 0) is 22.7 Å². The summed E-state index contributed by atoms with van der Waals surface area (Å²) in [5, 5.41) is 8.36. The molecule has 0 aliphatic carbocycles. The summed E-state index contributed by atoms with van der Waals surface area (Å²) >= 11 is 3.33. The van der Waals surface area contributed by atoms with Crippen LogP contribution in [0.15, 0.2) is 91.3 Å². The van der Waals surface area contributed by atoms with E-state index in [-0.39, 0.29) is 17.7 Å². The van der Waals surface area contributed by atoms with Gasteiger partial charge in [-0.15, -0.1) is 22.7 Å². The van der Waals surface area contributed by atoms with Gasteiger partial charge < -0.3 is 15.5 Å². The van der Waals surface area contributed by atoms with E-state index in [9.17, 15) is 9.59 Å². The summed E-state index contributed by atoms with van der Waals surface area (Å²) in [6.07, 6.45) is 5.76. The van der Waals surface area contributed by atoms with Gasteiger partial charge in [0.25, 0.3) is 0 Å². The zero-order valence-corrected chi connectivity index (χ0v) is 29.2. The minimum absolute atomic E-state index is 0.126. The lowest BCUT2D eigenvalue weighted by atomic mass is 10.0. The van der Waals surface area contributed by atoms with E-state index in [1.165, 1.54) is 10.4 Å². The van der Waals surface area contributed by atoms with Crippen LogP contribution in [0.2, 0.25) is 0 Å². The average Bonchev–Trinajstić information content (AvgIpc) is 3.77. The molecule has 5 aromatic rings. The maximum Gasteiger partial charge on any atom is 0.250 e. The summed E-state index contributed by atoms with van der Waals surface area (Å²) in [6.45, 7) is 10.7. The van der Waals surface area contributed by atoms with Crippen molar-refractivity contribution in [2.75, 3.05) is 13.1 Å². The van der Waals surface area contributed by atoms with Crippen molar-refractivity contribution in [1.29, 1.82) is 0 Å². The van der Waals surface area contributed by atoms with Crippen molar-refractivity contribution in [2.24, 2.45) is 5.92 Å². The Morgan fingerprint density at radius 3 is 1.85 bits per heavy atom. The highest BCUT2D eigenvalue weighted by atomic mass is 32.1. The molecule has 0 aliphatic rings. The van der Waals surface area contributed by atoms with Crippen LogP contribution >= 0.6 is 22.7 Å². The van der Waals surface area contributed by atoms with E-state index in [2.05, 4.69) is 83.0 Å². The Bertz CT molecular complexity index is 1730. The van der Waals surface area contributed by atoms with E-state index < -0.39 is 6.04 Å². The normalized spacial score (nSPS) is 11.9. The molecule has 0 spiro atoms. The highest BCUT2D eigenvalue weighted by Crippen LogP contribution is 2.32. The fraction of sp³-hybridized carbons (Fsp3) is 0.316. The minimum Gasteiger partial charge on any atom is -0.340 e. The fourth-order valence-corrected chi connectivity index (χ4v) is 7.03. The first kappa shape index (κ1) is 34.2. The monoisotopic (exact) mass is 665 g/mol. The van der Waals surface area contributed by atoms with Crippen molar-refractivity contribution in [2.45, 2.75) is 59.7 Å². The average molecular weight is 666 g/mol. The third kappa shape index (κ3) is 9.00. The van der Waals surface area contributed by atoms with Crippen LogP contribution in [0.5, 0.6) is 0 Å². The first-order valence-corrected chi connectivity index (χ1v) is 17.9. The molecule has 2 amide bonds. The smallest absolute Gasteiger partial charge is 0.250 e. The molecule has 2 N–H and O–H groups in total. The van der Waals surface area contributed by atoms with E-state index in [4.69, 9.17) is 0 Å². The summed E-state index contributed by atoms with van der Waals surface area (Å²) in [7, 11) is 0. The maximum absolute atomic E-state index is 13.9. The van der Waals surface area contributed by atoms with Gasteiger partial charge >= 0.3 is 0 Å². The van der Waals surface area contributed by atoms with Gasteiger partial charge in [0.15, 0.2) is 0 Å². The lowest BCUT2D eigenvalue weighted by Crippen LogP contribution is -2.44. The van der Waals surface area contributed by atoms with Crippen molar-refractivity contribution in [3.8, 4) is 32.0 Å². The Hall–Kier alpha value is -4.18. The SMILES string of the molecule is CCCNCc1ncc(-c2ccc(-c3ccc(-c4cnc(CN(CCC)C(=O)C(NC(=O)C(C)C)c5ccccc5)s4)cc3)cc2)s1. The molecule has 1 unspecified atom stereocenters. The van der Waals surface area contributed by atoms with Gasteiger partial charge in [-0.05, 0) is 47.2 Å². The van der Waals surface area contributed by atoms with E-state index in [1.54, 1.807) is 22.7 Å². The molecule has 2 heterocycles. The Kier molecular flexibility index (Phi) is 12.1. The lowest BCUT2D eigenvalue weighted by Gasteiger charge is -2.28. The van der Waals surface area contributed by atoms with Crippen molar-refractivity contribution in [1.82, 2.24) is 25.5 Å². The predicted octanol–water partition coefficient (Wildman–Crippen LogP) is 8.35. The van der Waals surface area contributed by atoms with Crippen molar-refractivity contribution in [3.05, 3.63) is 107 Å². The second-order valence-electron chi connectivity index (χ2n) is 11.8. The van der Waals surface area contributed by atoms with Crippen molar-refractivity contribution < 1.29 is 9.59 Å². The number of carbonyl (C=O) groups is 2. The molecule has 5 rings (SSSR count). The highest BCUT2D eigenvalue weighted by molar-refractivity contribution is 7.15. The predicted molar refractivity (Wildman–Crippen MR) is 194 cm³/mol. The molecule has 0 saturated heterocycles. The second kappa shape index (κ2) is 16.6. The molecule has 1 atom stereocenters. The van der Waals surface area contributed by atoms with E-state index in [0.717, 1.165) is 63.1 Å². The van der Waals surface area contributed by atoms with Crippen LogP contribution in [0.3, 0.4) is 0 Å². The molecule has 3 aromatic carbocycles. The molecule has 244 valence electrons. The molecule has 47 heavy (non-hydrogen) atoms. The topological polar surface area (TPSA) is 87.2 Å². The molecule has 0 radical (unpaired) electrons. The minimum atomic E-state index is -0.744. The molecule has 0 fully saturated rings. The van der Waals surface area contributed by atoms with Gasteiger partial charge in [0.2, 0.25) is 11.8 Å². The van der Waals surface area contributed by atoms with Crippen LogP contribution in [0.1, 0.15) is 62.2 Å². The number of aromatic nitrogens is 2. The van der Waals surface area contributed by atoms with Crippen molar-refractivity contribution >= 4 is 34.5 Å². The van der Waals surface area contributed by atoms with E-state index in [0.29, 0.717) is 13.1 Å². The Labute approximate surface area is 286 Å². The van der Waals surface area contributed by atoms with Gasteiger partial charge in [0, 0.05) is 31.4 Å². The summed E-state index contributed by atoms with van der Waals surface area (Å²) in [5.74, 6) is -0.501. The molecule has 0 bridgehead atoms. The van der Waals surface area contributed by atoms with Crippen LogP contribution in [0.25, 0.3) is 32.0 Å². The zero-order valence-electron chi connectivity index (χ0n) is 27.5. The number of hydrogen-bond acceptors (Lipinski definition) is 7. The van der Waals surface area contributed by atoms with Gasteiger partial charge in [-0.25, -0.2) is 9.97 Å². The molecule has 7 nitrogen and oxygen atoms in total. The zero-order chi connectivity index (χ0) is 33.2. The number of nitrogens with zero attached hydrogens (tertiary/aromatic N) is 3. The van der Waals surface area contributed by atoms with Crippen LogP contribution in [0.4, 0.5) is 0 Å². The van der Waals surface area contributed by atoms with Crippen molar-refractivity contribution in [3.63, 3.8) is 0 Å². The number of rotatable bonds is 15. The van der Waals surface area contributed by atoms with Gasteiger partial charge in [-0.2, -0.15) is 0 Å². The Balaban J connectivity index is 1.26. The number of nitrogens with one attached hydrogen (secondary N) is 2. The standard InChI is InChI=1S/C38H43N5O2S2/c1-5-20-39-24-34-40-22-32(46-34)29-16-12-27(13-17-29)28-14-18-30(19-15-28)33-23-41-35(47-33)25-43(21-6-2)38(45)36(42-37(44)26(3)4)31-10-8-7-9-11-31/h7-19,22-23,26,36,39H,5-6,20-21,24-25H2,1-4H3,(H,42,44). The molecular weight excluding hydrogens is 623 g/mol. The number of amides is 2. The lowest BCUT2D eigenvalue weighted by molar-refractivity contribution is -0.138. The van der Waals surface area contributed by atoms with Crippen LogP contribution in [-0.4, -0.2) is 39.8 Å². The molecule has 0 saturated carbocycles. The van der Waals surface area contributed by atoms with E-state index >= 15 is 0 Å². The van der Waals surface area contributed by atoms with E-state index in [1.807, 2.05) is 61.5 Å². The summed E-state index contributed by atoms with van der Waals surface area (Å²) in [6, 6.07) is 25.9. The first-order chi connectivity index (χ1) is 22.9. The number of hydrogen-bond donors (Lipinski definition) is 2. The number of carbonyl (C=O) groups excluding carboxylic acids is 2. The van der Waals surface area contributed by atoms with Gasteiger partial charge in [-0.3, -0.25) is 9.59 Å². The highest BCUT2D eigenvalue weighted by Gasteiger charge is 2.28. The Morgan fingerprint density at radius 1 is 0.745 bits per heavy atom. The molecular formula is C38H43N5O2S2. The number of thiazole rings is 2. The first-order valence-electron chi connectivity index (χ1n) is 16.3. The summed E-state index contributed by atoms with van der Waals surface area (Å²) in [4.78, 5) is 39.8. The Morgan fingerprint density at radius 2 is 1.30 bits per heavy atom. The van der Waals surface area contributed by atoms with Gasteiger partial charge in [-0.1, -0.05) is 107 Å². The number of benzene rings is 3. The quantitative estimate of drug-likeness (QED) is 0.110. The third-order valence-corrected chi connectivity index (χ3v) is 9.88. The van der Waals surface area contributed by atoms with Crippen LogP contribution in [0, 0.1) is 5.92 Å². The molecule has 9 heteroatoms. The molecule has 2 aromatic heterocycles. The largest absolute Gasteiger partial charge is 0.340 e. The molecule has 0 aliphatic heterocycles. The summed E-state index contributed by atoms with van der Waals surface area (Å²) < 4.78 is 0. The fourth-order valence-electron chi connectivity index (χ4n) is 5.19.